The molecule has 3 N–H and O–H groups in total. The number of hydrogen-bond acceptors (Lipinski definition) is 5. The standard InChI is InChI=1S/C44H31Br5O5/c1-53-43-25-9-23-15-28(46)13-21(41(23)51)7-19-11-27(45)12-20(40(19)50)8-22-14-29(47)16-24(42(22)52)10-26-18-33(49)37-34-30-5-3-4-6-31(30)35(39(37)44(26)54-2)38(43)36(34)32(48)17-25/h3-6,11-18,34-35,50-52H,7-10H2,1-2H3. The number of aromatic hydroxyl groups is 3. The summed E-state index contributed by atoms with van der Waals surface area (Å²) in [4.78, 5) is 0. The van der Waals surface area contributed by atoms with E-state index in [1.165, 1.54) is 11.1 Å². The number of hydrogen-bond donors (Lipinski definition) is 3. The minimum Gasteiger partial charge on any atom is -0.507 e. The largest absolute Gasteiger partial charge is 0.507 e. The second-order valence-electron chi connectivity index (χ2n) is 14.2. The van der Waals surface area contributed by atoms with Gasteiger partial charge in [0.15, 0.2) is 0 Å². The molecule has 0 aromatic heterocycles. The Morgan fingerprint density at radius 2 is 0.741 bits per heavy atom. The maximum absolute atomic E-state index is 11.9. The van der Waals surface area contributed by atoms with Gasteiger partial charge in [-0.2, -0.15) is 0 Å². The van der Waals surface area contributed by atoms with Gasteiger partial charge in [-0.1, -0.05) is 104 Å². The molecule has 0 unspecified atom stereocenters. The van der Waals surface area contributed by atoms with E-state index in [0.717, 1.165) is 78.4 Å². The van der Waals surface area contributed by atoms with Crippen molar-refractivity contribution < 1.29 is 24.8 Å². The van der Waals surface area contributed by atoms with Crippen LogP contribution in [0.25, 0.3) is 0 Å². The van der Waals surface area contributed by atoms with Crippen molar-refractivity contribution in [2.24, 2.45) is 0 Å². The van der Waals surface area contributed by atoms with E-state index in [1.54, 1.807) is 14.2 Å². The summed E-state index contributed by atoms with van der Waals surface area (Å²) in [5, 5.41) is 35.5. The van der Waals surface area contributed by atoms with Crippen molar-refractivity contribution in [3.63, 3.8) is 0 Å². The van der Waals surface area contributed by atoms with Crippen molar-refractivity contribution in [2.45, 2.75) is 37.5 Å². The first-order valence-electron chi connectivity index (χ1n) is 17.3. The Morgan fingerprint density at radius 3 is 1.06 bits per heavy atom. The van der Waals surface area contributed by atoms with Crippen molar-refractivity contribution >= 4 is 79.6 Å². The number of halogens is 5. The Labute approximate surface area is 355 Å². The number of rotatable bonds is 2. The molecule has 54 heavy (non-hydrogen) atoms. The third-order valence-corrected chi connectivity index (χ3v) is 13.9. The fraction of sp³-hybridized carbons (Fsp3) is 0.182. The number of phenols is 3. The molecule has 0 radical (unpaired) electrons. The summed E-state index contributed by atoms with van der Waals surface area (Å²) < 4.78 is 17.2. The van der Waals surface area contributed by atoms with Crippen LogP contribution in [0.15, 0.2) is 95.2 Å². The average Bonchev–Trinajstić information content (AvgIpc) is 3.13. The average molecular weight is 1040 g/mol. The highest BCUT2D eigenvalue weighted by Crippen LogP contribution is 2.64. The quantitative estimate of drug-likeness (QED) is 0.161. The molecule has 4 aliphatic rings. The van der Waals surface area contributed by atoms with Gasteiger partial charge in [0.2, 0.25) is 0 Å². The van der Waals surface area contributed by atoms with Crippen LogP contribution in [0.2, 0.25) is 0 Å². The first kappa shape index (κ1) is 36.4. The summed E-state index contributed by atoms with van der Waals surface area (Å²) >= 11 is 19.1. The van der Waals surface area contributed by atoms with Gasteiger partial charge in [-0.15, -0.1) is 0 Å². The zero-order valence-electron chi connectivity index (χ0n) is 29.0. The van der Waals surface area contributed by atoms with E-state index >= 15 is 0 Å². The van der Waals surface area contributed by atoms with E-state index in [2.05, 4.69) is 116 Å². The second kappa shape index (κ2) is 13.7. The van der Waals surface area contributed by atoms with Crippen molar-refractivity contribution in [1.29, 1.82) is 0 Å². The lowest BCUT2D eigenvalue weighted by Gasteiger charge is -2.45. The molecule has 0 atom stereocenters. The summed E-state index contributed by atoms with van der Waals surface area (Å²) in [6.07, 6.45) is 1.37. The number of phenolic OH excluding ortho intramolecular Hbond substituents is 3. The molecule has 4 aliphatic carbocycles. The first-order valence-corrected chi connectivity index (χ1v) is 21.3. The molecule has 0 saturated carbocycles. The van der Waals surface area contributed by atoms with E-state index in [1.807, 2.05) is 36.4 Å². The van der Waals surface area contributed by atoms with Gasteiger partial charge < -0.3 is 24.8 Å². The van der Waals surface area contributed by atoms with Gasteiger partial charge in [0.05, 0.1) is 14.2 Å². The van der Waals surface area contributed by atoms with E-state index in [-0.39, 0.29) is 41.9 Å². The van der Waals surface area contributed by atoms with Crippen LogP contribution in [0, 0.1) is 0 Å². The van der Waals surface area contributed by atoms with E-state index in [4.69, 9.17) is 9.47 Å². The molecule has 6 aromatic rings. The van der Waals surface area contributed by atoms with Crippen LogP contribution in [0.1, 0.15) is 89.7 Å². The van der Waals surface area contributed by atoms with Crippen LogP contribution in [-0.4, -0.2) is 29.5 Å². The molecule has 0 saturated heterocycles. The Kier molecular flexibility index (Phi) is 9.24. The molecule has 0 fully saturated rings. The maximum atomic E-state index is 11.9. The summed E-state index contributed by atoms with van der Waals surface area (Å²) in [5.74, 6) is 1.64. The van der Waals surface area contributed by atoms with Gasteiger partial charge in [-0.3, -0.25) is 0 Å². The third kappa shape index (κ3) is 5.68. The van der Waals surface area contributed by atoms with Crippen LogP contribution < -0.4 is 9.47 Å². The highest BCUT2D eigenvalue weighted by Gasteiger charge is 2.47. The summed E-state index contributed by atoms with van der Waals surface area (Å²) in [6, 6.07) is 24.3. The topological polar surface area (TPSA) is 79.2 Å². The summed E-state index contributed by atoms with van der Waals surface area (Å²) in [5.41, 5.74) is 12.8. The molecule has 6 aromatic carbocycles. The molecular weight excluding hydrogens is 1010 g/mol. The summed E-state index contributed by atoms with van der Waals surface area (Å²) in [7, 11) is 3.44. The molecule has 272 valence electrons. The molecule has 0 heterocycles. The van der Waals surface area contributed by atoms with Gasteiger partial charge in [0.1, 0.15) is 28.7 Å². The lowest BCUT2D eigenvalue weighted by Crippen LogP contribution is -2.30. The lowest BCUT2D eigenvalue weighted by molar-refractivity contribution is 0.392. The Bertz CT molecular complexity index is 2450. The SMILES string of the molecule is COc1c2cc(Br)c3c1C1c4ccccc4C3c3c(Br)cc(c(OC)c31)Cc1cc(Br)cc(c1O)Cc1cc(Br)cc(c1O)Cc1cc(Br)cc(c1O)C2. The Hall–Kier alpha value is -3.28. The van der Waals surface area contributed by atoms with Crippen molar-refractivity contribution in [3.8, 4) is 28.7 Å². The van der Waals surface area contributed by atoms with Gasteiger partial charge in [0, 0.05) is 82.1 Å². The van der Waals surface area contributed by atoms with Crippen LogP contribution in [0.5, 0.6) is 28.7 Å². The van der Waals surface area contributed by atoms with Crippen molar-refractivity contribution in [3.05, 3.63) is 173 Å². The molecule has 10 heteroatoms. The highest BCUT2D eigenvalue weighted by atomic mass is 79.9. The zero-order valence-corrected chi connectivity index (χ0v) is 36.9. The smallest absolute Gasteiger partial charge is 0.126 e. The Balaban J connectivity index is 1.37. The molecular formula is C44H31Br5O5. The number of fused-ring (bicyclic) bond motifs is 8. The predicted molar refractivity (Wildman–Crippen MR) is 228 cm³/mol. The third-order valence-electron chi connectivity index (χ3n) is 11.2. The van der Waals surface area contributed by atoms with E-state index < -0.39 is 0 Å². The van der Waals surface area contributed by atoms with Gasteiger partial charge in [-0.05, 0) is 104 Å². The molecule has 0 amide bonds. The van der Waals surface area contributed by atoms with Crippen molar-refractivity contribution in [2.75, 3.05) is 14.2 Å². The molecule has 10 rings (SSSR count). The fourth-order valence-corrected chi connectivity index (χ4v) is 12.2. The highest BCUT2D eigenvalue weighted by molar-refractivity contribution is 9.11. The van der Waals surface area contributed by atoms with Crippen LogP contribution >= 0.6 is 79.6 Å². The molecule has 0 aliphatic heterocycles. The van der Waals surface area contributed by atoms with Gasteiger partial charge >= 0.3 is 0 Å². The van der Waals surface area contributed by atoms with E-state index in [0.29, 0.717) is 35.1 Å². The van der Waals surface area contributed by atoms with Crippen LogP contribution in [-0.2, 0) is 25.7 Å². The van der Waals surface area contributed by atoms with E-state index in [9.17, 15) is 15.3 Å². The molecule has 5 nitrogen and oxygen atoms in total. The number of ether oxygens (including phenoxy) is 2. The van der Waals surface area contributed by atoms with Gasteiger partial charge in [0.25, 0.3) is 0 Å². The van der Waals surface area contributed by atoms with Crippen molar-refractivity contribution in [1.82, 2.24) is 0 Å². The molecule has 0 spiro atoms. The summed E-state index contributed by atoms with van der Waals surface area (Å²) in [6.45, 7) is 0. The fourth-order valence-electron chi connectivity index (χ4n) is 9.07. The maximum Gasteiger partial charge on any atom is 0.126 e. The second-order valence-corrected chi connectivity index (χ2v) is 18.6. The van der Waals surface area contributed by atoms with Crippen LogP contribution in [0.4, 0.5) is 0 Å². The monoisotopic (exact) mass is 1030 g/mol. The lowest BCUT2D eigenvalue weighted by atomic mass is 9.60. The molecule has 12 bridgehead atoms. The number of benzene rings is 6. The predicted octanol–water partition coefficient (Wildman–Crippen LogP) is 12.3. The number of methoxy groups -OCH3 is 2. The van der Waals surface area contributed by atoms with Gasteiger partial charge in [-0.25, -0.2) is 0 Å². The zero-order chi connectivity index (χ0) is 37.7. The first-order chi connectivity index (χ1) is 26.0. The minimum absolute atomic E-state index is 0.110. The minimum atomic E-state index is -0.219. The van der Waals surface area contributed by atoms with Crippen LogP contribution in [0.3, 0.4) is 0 Å². The normalized spacial score (nSPS) is 16.4. The Morgan fingerprint density at radius 1 is 0.444 bits per heavy atom.